The van der Waals surface area contributed by atoms with Crippen LogP contribution in [-0.2, 0) is 9.53 Å². The van der Waals surface area contributed by atoms with Gasteiger partial charge in [-0.1, -0.05) is 18.2 Å². The van der Waals surface area contributed by atoms with Crippen LogP contribution in [0.25, 0.3) is 0 Å². The lowest BCUT2D eigenvalue weighted by molar-refractivity contribution is -0.112. The maximum atomic E-state index is 13.1. The number of nitrogens with zero attached hydrogens (tertiary/aromatic N) is 3. The molecular weight excluding hydrogens is 479 g/mol. The van der Waals surface area contributed by atoms with Gasteiger partial charge < -0.3 is 4.74 Å². The lowest BCUT2D eigenvalue weighted by Crippen LogP contribution is -2.40. The van der Waals surface area contributed by atoms with Crippen LogP contribution in [0.2, 0.25) is 0 Å². The van der Waals surface area contributed by atoms with Gasteiger partial charge in [0.1, 0.15) is 5.71 Å². The number of benzene rings is 2. The Labute approximate surface area is 185 Å². The van der Waals surface area contributed by atoms with Gasteiger partial charge in [0.05, 0.1) is 31.3 Å². The number of morpholine rings is 1. The highest BCUT2D eigenvalue weighted by Crippen LogP contribution is 2.30. The van der Waals surface area contributed by atoms with Crippen molar-refractivity contribution in [2.75, 3.05) is 51.0 Å². The SMILES string of the molecule is O=C1C(=Nc2ccc(I)cc2)c2ccccc2N1CNCCCN1CCOCC1. The van der Waals surface area contributed by atoms with Crippen LogP contribution < -0.4 is 10.2 Å². The molecule has 0 aliphatic carbocycles. The summed E-state index contributed by atoms with van der Waals surface area (Å²) >= 11 is 2.26. The van der Waals surface area contributed by atoms with Gasteiger partial charge in [-0.15, -0.1) is 0 Å². The molecule has 2 aliphatic heterocycles. The molecular formula is C22H25IN4O2. The summed E-state index contributed by atoms with van der Waals surface area (Å²) in [4.78, 5) is 21.9. The van der Waals surface area contributed by atoms with E-state index in [1.54, 1.807) is 4.90 Å². The Morgan fingerprint density at radius 3 is 2.62 bits per heavy atom. The zero-order valence-corrected chi connectivity index (χ0v) is 18.5. The average molecular weight is 504 g/mol. The van der Waals surface area contributed by atoms with E-state index in [9.17, 15) is 4.79 Å². The Morgan fingerprint density at radius 2 is 1.83 bits per heavy atom. The summed E-state index contributed by atoms with van der Waals surface area (Å²) in [6.07, 6.45) is 1.05. The molecule has 7 heteroatoms. The van der Waals surface area contributed by atoms with Gasteiger partial charge in [-0.25, -0.2) is 4.99 Å². The minimum absolute atomic E-state index is 0.0505. The average Bonchev–Trinajstić information content (AvgIpc) is 3.01. The number of amides is 1. The first kappa shape index (κ1) is 20.5. The van der Waals surface area contributed by atoms with Gasteiger partial charge in [0.15, 0.2) is 0 Å². The van der Waals surface area contributed by atoms with Crippen molar-refractivity contribution in [1.29, 1.82) is 0 Å². The second-order valence-electron chi connectivity index (χ2n) is 7.15. The first-order chi connectivity index (χ1) is 14.2. The van der Waals surface area contributed by atoms with E-state index in [1.807, 2.05) is 48.5 Å². The number of halogens is 1. The fraction of sp³-hybridized carbons (Fsp3) is 0.364. The molecule has 2 aromatic carbocycles. The molecule has 0 bridgehead atoms. The largest absolute Gasteiger partial charge is 0.379 e. The highest BCUT2D eigenvalue weighted by Gasteiger charge is 2.33. The van der Waals surface area contributed by atoms with Gasteiger partial charge in [0.2, 0.25) is 0 Å². The van der Waals surface area contributed by atoms with Crippen molar-refractivity contribution in [2.24, 2.45) is 4.99 Å². The predicted molar refractivity (Wildman–Crippen MR) is 124 cm³/mol. The third-order valence-electron chi connectivity index (χ3n) is 5.17. The zero-order valence-electron chi connectivity index (χ0n) is 16.3. The van der Waals surface area contributed by atoms with Crippen LogP contribution >= 0.6 is 22.6 Å². The predicted octanol–water partition coefficient (Wildman–Crippen LogP) is 3.03. The maximum absolute atomic E-state index is 13.1. The molecule has 1 N–H and O–H groups in total. The molecule has 2 heterocycles. The highest BCUT2D eigenvalue weighted by molar-refractivity contribution is 14.1. The lowest BCUT2D eigenvalue weighted by Gasteiger charge is -2.26. The number of fused-ring (bicyclic) bond motifs is 1. The standard InChI is InChI=1S/C22H25IN4O2/c23-17-6-8-18(9-7-17)25-21-19-4-1-2-5-20(19)27(22(21)28)16-24-10-3-11-26-12-14-29-15-13-26/h1-2,4-9,24H,3,10-16H2. The van der Waals surface area contributed by atoms with Gasteiger partial charge >= 0.3 is 0 Å². The van der Waals surface area contributed by atoms with Crippen molar-refractivity contribution in [3.63, 3.8) is 0 Å². The van der Waals surface area contributed by atoms with E-state index in [-0.39, 0.29) is 5.91 Å². The molecule has 1 amide bonds. The number of hydrogen-bond donors (Lipinski definition) is 1. The molecule has 1 fully saturated rings. The molecule has 29 heavy (non-hydrogen) atoms. The topological polar surface area (TPSA) is 57.2 Å². The second kappa shape index (κ2) is 9.80. The number of hydrogen-bond acceptors (Lipinski definition) is 5. The Kier molecular flexibility index (Phi) is 6.91. The Balaban J connectivity index is 1.39. The number of ether oxygens (including phenoxy) is 1. The van der Waals surface area contributed by atoms with E-state index in [0.29, 0.717) is 12.4 Å². The summed E-state index contributed by atoms with van der Waals surface area (Å²) in [6.45, 7) is 6.09. The van der Waals surface area contributed by atoms with E-state index in [1.165, 1.54) is 0 Å². The number of para-hydroxylation sites is 1. The quantitative estimate of drug-likeness (QED) is 0.466. The normalized spacial score (nSPS) is 18.4. The van der Waals surface area contributed by atoms with Crippen LogP contribution in [0.3, 0.4) is 0 Å². The molecule has 0 saturated carbocycles. The first-order valence-electron chi connectivity index (χ1n) is 9.99. The van der Waals surface area contributed by atoms with Gasteiger partial charge in [-0.2, -0.15) is 0 Å². The molecule has 0 unspecified atom stereocenters. The van der Waals surface area contributed by atoms with Crippen molar-refractivity contribution in [2.45, 2.75) is 6.42 Å². The summed E-state index contributed by atoms with van der Waals surface area (Å²) in [6, 6.07) is 15.8. The fourth-order valence-electron chi connectivity index (χ4n) is 3.61. The van der Waals surface area contributed by atoms with Gasteiger partial charge in [0.25, 0.3) is 5.91 Å². The van der Waals surface area contributed by atoms with E-state index in [0.717, 1.165) is 66.3 Å². The van der Waals surface area contributed by atoms with Gasteiger partial charge in [0, 0.05) is 22.2 Å². The van der Waals surface area contributed by atoms with Crippen LogP contribution in [0.1, 0.15) is 12.0 Å². The minimum atomic E-state index is -0.0505. The van der Waals surface area contributed by atoms with Crippen molar-refractivity contribution in [1.82, 2.24) is 10.2 Å². The number of carbonyl (C=O) groups is 1. The second-order valence-corrected chi connectivity index (χ2v) is 8.40. The van der Waals surface area contributed by atoms with Crippen molar-refractivity contribution in [3.05, 3.63) is 57.7 Å². The molecule has 6 nitrogen and oxygen atoms in total. The summed E-state index contributed by atoms with van der Waals surface area (Å²) in [5, 5.41) is 3.42. The molecule has 1 saturated heterocycles. The Hall–Kier alpha value is -1.81. The maximum Gasteiger partial charge on any atom is 0.278 e. The van der Waals surface area contributed by atoms with Crippen LogP contribution in [-0.4, -0.2) is 62.6 Å². The van der Waals surface area contributed by atoms with Crippen molar-refractivity contribution in [3.8, 4) is 0 Å². The smallest absolute Gasteiger partial charge is 0.278 e. The molecule has 0 radical (unpaired) electrons. The van der Waals surface area contributed by atoms with Crippen molar-refractivity contribution < 1.29 is 9.53 Å². The molecule has 2 aromatic rings. The van der Waals surface area contributed by atoms with E-state index >= 15 is 0 Å². The number of aliphatic imine (C=N–C) groups is 1. The lowest BCUT2D eigenvalue weighted by atomic mass is 10.1. The number of nitrogens with one attached hydrogen (secondary N) is 1. The highest BCUT2D eigenvalue weighted by atomic mass is 127. The van der Waals surface area contributed by atoms with E-state index in [4.69, 9.17) is 4.74 Å². The summed E-state index contributed by atoms with van der Waals surface area (Å²) in [5.74, 6) is -0.0505. The monoisotopic (exact) mass is 504 g/mol. The van der Waals surface area contributed by atoms with Crippen molar-refractivity contribution >= 4 is 45.6 Å². The Morgan fingerprint density at radius 1 is 1.07 bits per heavy atom. The van der Waals surface area contributed by atoms with Crippen LogP contribution in [0.15, 0.2) is 53.5 Å². The van der Waals surface area contributed by atoms with E-state index < -0.39 is 0 Å². The summed E-state index contributed by atoms with van der Waals surface area (Å²) in [5.41, 5.74) is 3.12. The first-order valence-corrected chi connectivity index (χ1v) is 11.1. The van der Waals surface area contributed by atoms with Crippen LogP contribution in [0, 0.1) is 3.57 Å². The number of rotatable bonds is 7. The summed E-state index contributed by atoms with van der Waals surface area (Å²) < 4.78 is 6.53. The number of carbonyl (C=O) groups excluding carboxylic acids is 1. The van der Waals surface area contributed by atoms with Crippen LogP contribution in [0.4, 0.5) is 11.4 Å². The third-order valence-corrected chi connectivity index (χ3v) is 5.89. The molecule has 152 valence electrons. The van der Waals surface area contributed by atoms with Crippen LogP contribution in [0.5, 0.6) is 0 Å². The van der Waals surface area contributed by atoms with E-state index in [2.05, 4.69) is 37.8 Å². The Bertz CT molecular complexity index is 879. The molecule has 0 atom stereocenters. The summed E-state index contributed by atoms with van der Waals surface area (Å²) in [7, 11) is 0. The van der Waals surface area contributed by atoms with Gasteiger partial charge in [-0.3, -0.25) is 19.9 Å². The molecule has 4 rings (SSSR count). The zero-order chi connectivity index (χ0) is 20.1. The van der Waals surface area contributed by atoms with Gasteiger partial charge in [-0.05, 0) is 72.4 Å². The molecule has 0 spiro atoms. The third kappa shape index (κ3) is 5.03. The minimum Gasteiger partial charge on any atom is -0.379 e. The number of anilines is 1. The molecule has 0 aromatic heterocycles. The fourth-order valence-corrected chi connectivity index (χ4v) is 3.97. The molecule has 2 aliphatic rings.